The lowest BCUT2D eigenvalue weighted by Crippen LogP contribution is -2.37. The fraction of sp³-hybridized carbons (Fsp3) is 0.412. The maximum absolute atomic E-state index is 12.5. The summed E-state index contributed by atoms with van der Waals surface area (Å²) in [5.41, 5.74) is 1.48. The van der Waals surface area contributed by atoms with Gasteiger partial charge in [-0.3, -0.25) is 9.48 Å². The molecule has 2 atom stereocenters. The topological polar surface area (TPSA) is 68.2 Å². The number of amides is 1. The predicted octanol–water partition coefficient (Wildman–Crippen LogP) is 2.92. The Bertz CT molecular complexity index is 735. The minimum Gasteiger partial charge on any atom is -0.484 e. The summed E-state index contributed by atoms with van der Waals surface area (Å²) in [7, 11) is 3.44. The van der Waals surface area contributed by atoms with E-state index in [4.69, 9.17) is 0 Å². The van der Waals surface area contributed by atoms with Crippen molar-refractivity contribution in [1.29, 1.82) is 0 Å². The van der Waals surface area contributed by atoms with Gasteiger partial charge in [0.2, 0.25) is 5.91 Å². The van der Waals surface area contributed by atoms with Crippen molar-refractivity contribution in [3.8, 4) is 5.75 Å². The summed E-state index contributed by atoms with van der Waals surface area (Å²) in [4.78, 5) is 12.5. The molecule has 0 saturated carbocycles. The number of alkyl halides is 3. The third kappa shape index (κ3) is 6.76. The lowest BCUT2D eigenvalue weighted by atomic mass is 10.1. The van der Waals surface area contributed by atoms with E-state index in [1.807, 2.05) is 0 Å². The van der Waals surface area contributed by atoms with E-state index < -0.39 is 18.8 Å². The highest BCUT2D eigenvalue weighted by Crippen LogP contribution is 2.21. The summed E-state index contributed by atoms with van der Waals surface area (Å²) in [6, 6.07) is 5.25. The molecule has 2 aromatic rings. The summed E-state index contributed by atoms with van der Waals surface area (Å²) in [5, 5.41) is 9.86. The Morgan fingerprint density at radius 1 is 1.26 bits per heavy atom. The molecule has 0 saturated heterocycles. The molecular formula is C17H22ClF3N4O2. The van der Waals surface area contributed by atoms with Crippen LogP contribution in [0, 0.1) is 0 Å². The fourth-order valence-corrected chi connectivity index (χ4v) is 2.44. The molecule has 0 aliphatic rings. The minimum atomic E-state index is -4.38. The molecule has 6 nitrogen and oxygen atoms in total. The highest BCUT2D eigenvalue weighted by atomic mass is 35.5. The van der Waals surface area contributed by atoms with E-state index in [9.17, 15) is 18.0 Å². The van der Waals surface area contributed by atoms with Gasteiger partial charge < -0.3 is 15.4 Å². The molecule has 0 aliphatic heterocycles. The summed E-state index contributed by atoms with van der Waals surface area (Å²) in [5.74, 6) is -0.113. The molecule has 1 heterocycles. The van der Waals surface area contributed by atoms with Crippen LogP contribution in [0.4, 0.5) is 13.2 Å². The van der Waals surface area contributed by atoms with E-state index in [0.29, 0.717) is 0 Å². The largest absolute Gasteiger partial charge is 0.484 e. The van der Waals surface area contributed by atoms with E-state index >= 15 is 0 Å². The molecule has 2 N–H and O–H groups in total. The number of rotatable bonds is 7. The molecule has 1 aromatic carbocycles. The van der Waals surface area contributed by atoms with Gasteiger partial charge in [-0.05, 0) is 31.7 Å². The number of benzene rings is 1. The first-order chi connectivity index (χ1) is 12.2. The molecule has 0 aliphatic carbocycles. The van der Waals surface area contributed by atoms with E-state index in [1.165, 1.54) is 12.1 Å². The van der Waals surface area contributed by atoms with Gasteiger partial charge in [0.1, 0.15) is 11.8 Å². The summed E-state index contributed by atoms with van der Waals surface area (Å²) in [6.07, 6.45) is -1.02. The Hall–Kier alpha value is -2.26. The van der Waals surface area contributed by atoms with Gasteiger partial charge in [0.15, 0.2) is 6.61 Å². The zero-order valence-corrected chi connectivity index (χ0v) is 15.9. The first-order valence-electron chi connectivity index (χ1n) is 7.95. The van der Waals surface area contributed by atoms with Crippen molar-refractivity contribution in [1.82, 2.24) is 20.4 Å². The van der Waals surface area contributed by atoms with Crippen molar-refractivity contribution in [2.75, 3.05) is 13.7 Å². The second-order valence-corrected chi connectivity index (χ2v) is 5.87. The van der Waals surface area contributed by atoms with E-state index in [-0.39, 0.29) is 30.1 Å². The van der Waals surface area contributed by atoms with Crippen LogP contribution in [0.2, 0.25) is 0 Å². The molecule has 0 spiro atoms. The standard InChI is InChI=1S/C17H21F3N4O2.ClH/c1-11(12-4-6-14(7-5-12)26-10-17(18,19)20)23-16(25)15(21-2)13-8-22-24(3)9-13;/h4-9,11,15,21H,10H2,1-3H3,(H,23,25);1H. The number of aromatic nitrogens is 2. The average Bonchev–Trinajstić information content (AvgIpc) is 2.99. The van der Waals surface area contributed by atoms with Crippen LogP contribution in [0.15, 0.2) is 36.7 Å². The lowest BCUT2D eigenvalue weighted by molar-refractivity contribution is -0.153. The summed E-state index contributed by atoms with van der Waals surface area (Å²) in [6.45, 7) is 0.451. The van der Waals surface area contributed by atoms with Gasteiger partial charge in [-0.1, -0.05) is 12.1 Å². The number of likely N-dealkylation sites (N-methyl/N-ethyl adjacent to an activating group) is 1. The van der Waals surface area contributed by atoms with Gasteiger partial charge in [0, 0.05) is 18.8 Å². The molecule has 2 rings (SSSR count). The van der Waals surface area contributed by atoms with Crippen molar-refractivity contribution < 1.29 is 22.7 Å². The number of nitrogens with zero attached hydrogens (tertiary/aromatic N) is 2. The third-order valence-electron chi connectivity index (χ3n) is 3.75. The van der Waals surface area contributed by atoms with E-state index in [1.54, 1.807) is 50.2 Å². The maximum Gasteiger partial charge on any atom is 0.422 e. The first-order valence-corrected chi connectivity index (χ1v) is 7.95. The van der Waals surface area contributed by atoms with Gasteiger partial charge in [-0.25, -0.2) is 0 Å². The number of halogens is 4. The zero-order chi connectivity index (χ0) is 19.3. The quantitative estimate of drug-likeness (QED) is 0.742. The van der Waals surface area contributed by atoms with E-state index in [2.05, 4.69) is 20.5 Å². The van der Waals surface area contributed by atoms with Crippen molar-refractivity contribution in [3.05, 3.63) is 47.8 Å². The van der Waals surface area contributed by atoms with Crippen LogP contribution in [-0.4, -0.2) is 35.5 Å². The monoisotopic (exact) mass is 406 g/mol. The van der Waals surface area contributed by atoms with Crippen molar-refractivity contribution in [2.45, 2.75) is 25.2 Å². The third-order valence-corrected chi connectivity index (χ3v) is 3.75. The van der Waals surface area contributed by atoms with Crippen LogP contribution in [0.3, 0.4) is 0 Å². The highest BCUT2D eigenvalue weighted by molar-refractivity contribution is 5.85. The number of carbonyl (C=O) groups is 1. The molecule has 0 fully saturated rings. The van der Waals surface area contributed by atoms with Gasteiger partial charge in [0.25, 0.3) is 0 Å². The Kier molecular flexibility index (Phi) is 8.11. The van der Waals surface area contributed by atoms with Gasteiger partial charge in [0.05, 0.1) is 12.2 Å². The smallest absolute Gasteiger partial charge is 0.422 e. The zero-order valence-electron chi connectivity index (χ0n) is 15.1. The van der Waals surface area contributed by atoms with Crippen LogP contribution in [0.1, 0.15) is 30.1 Å². The molecule has 27 heavy (non-hydrogen) atoms. The molecule has 1 aromatic heterocycles. The SMILES string of the molecule is CNC(C(=O)NC(C)c1ccc(OCC(F)(F)F)cc1)c1cnn(C)c1.Cl. The predicted molar refractivity (Wildman–Crippen MR) is 96.8 cm³/mol. The average molecular weight is 407 g/mol. The van der Waals surface area contributed by atoms with Crippen LogP contribution in [-0.2, 0) is 11.8 Å². The Morgan fingerprint density at radius 3 is 2.37 bits per heavy atom. The lowest BCUT2D eigenvalue weighted by Gasteiger charge is -2.19. The van der Waals surface area contributed by atoms with Crippen LogP contribution in [0.5, 0.6) is 5.75 Å². The van der Waals surface area contributed by atoms with Crippen molar-refractivity contribution in [3.63, 3.8) is 0 Å². The highest BCUT2D eigenvalue weighted by Gasteiger charge is 2.28. The second kappa shape index (κ2) is 9.61. The van der Waals surface area contributed by atoms with Crippen LogP contribution >= 0.6 is 12.4 Å². The normalized spacial score (nSPS) is 13.4. The van der Waals surface area contributed by atoms with Gasteiger partial charge >= 0.3 is 6.18 Å². The molecule has 10 heteroatoms. The fourth-order valence-electron chi connectivity index (χ4n) is 2.44. The number of hydrogen-bond acceptors (Lipinski definition) is 4. The number of carbonyl (C=O) groups excluding carboxylic acids is 1. The van der Waals surface area contributed by atoms with Crippen LogP contribution in [0.25, 0.3) is 0 Å². The van der Waals surface area contributed by atoms with Gasteiger partial charge in [-0.2, -0.15) is 18.3 Å². The molecule has 0 bridgehead atoms. The number of nitrogens with one attached hydrogen (secondary N) is 2. The van der Waals surface area contributed by atoms with Crippen molar-refractivity contribution in [2.24, 2.45) is 7.05 Å². The molecule has 2 unspecified atom stereocenters. The molecule has 1 amide bonds. The maximum atomic E-state index is 12.5. The second-order valence-electron chi connectivity index (χ2n) is 5.87. The van der Waals surface area contributed by atoms with Crippen LogP contribution < -0.4 is 15.4 Å². The number of aryl methyl sites for hydroxylation is 1. The van der Waals surface area contributed by atoms with E-state index in [0.717, 1.165) is 11.1 Å². The Labute approximate surface area is 161 Å². The molecule has 150 valence electrons. The van der Waals surface area contributed by atoms with Gasteiger partial charge in [-0.15, -0.1) is 12.4 Å². The summed E-state index contributed by atoms with van der Waals surface area (Å²) >= 11 is 0. The number of hydrogen-bond donors (Lipinski definition) is 2. The Balaban J connectivity index is 0.00000364. The number of ether oxygens (including phenoxy) is 1. The first kappa shape index (κ1) is 22.8. The van der Waals surface area contributed by atoms with Crippen molar-refractivity contribution >= 4 is 18.3 Å². The summed E-state index contributed by atoms with van der Waals surface area (Å²) < 4.78 is 42.8. The molecular weight excluding hydrogens is 385 g/mol. The Morgan fingerprint density at radius 2 is 1.89 bits per heavy atom. The molecule has 0 radical (unpaired) electrons. The minimum absolute atomic E-state index is 0.